The Hall–Kier alpha value is -2.86. The van der Waals surface area contributed by atoms with Gasteiger partial charge in [-0.2, -0.15) is 0 Å². The molecule has 0 aliphatic heterocycles. The molecule has 0 heterocycles. The molecule has 29 heavy (non-hydrogen) atoms. The second-order valence-electron chi connectivity index (χ2n) is 7.51. The Balaban J connectivity index is 1.51. The first kappa shape index (κ1) is 20.9. The topological polar surface area (TPSA) is 81.7 Å². The Bertz CT molecular complexity index is 752. The van der Waals surface area contributed by atoms with Crippen LogP contribution in [0.4, 0.5) is 4.79 Å². The van der Waals surface area contributed by atoms with Gasteiger partial charge in [0, 0.05) is 24.5 Å². The minimum absolute atomic E-state index is 0.0515. The SMILES string of the molecule is CCN(CC(=O)O)C1CC(NC(=O)NCC(c2ccccc2)c2ccccc2)C1. The van der Waals surface area contributed by atoms with Crippen LogP contribution in [0.1, 0.15) is 36.8 Å². The predicted molar refractivity (Wildman–Crippen MR) is 113 cm³/mol. The molecule has 1 fully saturated rings. The van der Waals surface area contributed by atoms with Crippen LogP contribution in [0.25, 0.3) is 0 Å². The molecule has 2 aromatic carbocycles. The Morgan fingerprint density at radius 2 is 1.59 bits per heavy atom. The van der Waals surface area contributed by atoms with Gasteiger partial charge in [0.2, 0.25) is 0 Å². The molecule has 3 rings (SSSR count). The van der Waals surface area contributed by atoms with Crippen LogP contribution in [0.15, 0.2) is 60.7 Å². The number of carboxylic acids is 1. The standard InChI is InChI=1S/C23H29N3O3/c1-2-26(16-22(27)28)20-13-19(14-20)25-23(29)24-15-21(17-9-5-3-6-10-17)18-11-7-4-8-12-18/h3-12,19-21H,2,13-16H2,1H3,(H,27,28)(H2,24,25,29). The van der Waals surface area contributed by atoms with Crippen molar-refractivity contribution in [2.45, 2.75) is 37.8 Å². The predicted octanol–water partition coefficient (Wildman–Crippen LogP) is 3.06. The molecule has 2 aromatic rings. The number of likely N-dealkylation sites (N-methyl/N-ethyl adjacent to an activating group) is 1. The number of hydrogen-bond acceptors (Lipinski definition) is 3. The third-order valence-electron chi connectivity index (χ3n) is 5.58. The first-order chi connectivity index (χ1) is 14.1. The number of amides is 2. The van der Waals surface area contributed by atoms with Gasteiger partial charge >= 0.3 is 12.0 Å². The van der Waals surface area contributed by atoms with Crippen molar-refractivity contribution in [2.75, 3.05) is 19.6 Å². The van der Waals surface area contributed by atoms with Crippen LogP contribution in [-0.4, -0.2) is 53.7 Å². The molecule has 6 heteroatoms. The third-order valence-corrected chi connectivity index (χ3v) is 5.58. The molecule has 0 unspecified atom stereocenters. The van der Waals surface area contributed by atoms with Gasteiger partial charge in [-0.05, 0) is 30.5 Å². The van der Waals surface area contributed by atoms with Crippen molar-refractivity contribution in [3.63, 3.8) is 0 Å². The molecule has 0 radical (unpaired) electrons. The van der Waals surface area contributed by atoms with E-state index >= 15 is 0 Å². The Kier molecular flexibility index (Phi) is 7.25. The highest BCUT2D eigenvalue weighted by Gasteiger charge is 2.34. The highest BCUT2D eigenvalue weighted by Crippen LogP contribution is 2.26. The van der Waals surface area contributed by atoms with Crippen molar-refractivity contribution in [3.8, 4) is 0 Å². The van der Waals surface area contributed by atoms with Gasteiger partial charge in [0.05, 0.1) is 6.54 Å². The largest absolute Gasteiger partial charge is 0.480 e. The molecule has 6 nitrogen and oxygen atoms in total. The van der Waals surface area contributed by atoms with E-state index in [9.17, 15) is 9.59 Å². The second kappa shape index (κ2) is 10.1. The van der Waals surface area contributed by atoms with Crippen molar-refractivity contribution >= 4 is 12.0 Å². The maximum absolute atomic E-state index is 12.4. The smallest absolute Gasteiger partial charge is 0.317 e. The monoisotopic (exact) mass is 395 g/mol. The van der Waals surface area contributed by atoms with Crippen LogP contribution in [0, 0.1) is 0 Å². The first-order valence-corrected chi connectivity index (χ1v) is 10.2. The Morgan fingerprint density at radius 1 is 1.03 bits per heavy atom. The van der Waals surface area contributed by atoms with Crippen LogP contribution < -0.4 is 10.6 Å². The zero-order chi connectivity index (χ0) is 20.6. The molecule has 2 amide bonds. The van der Waals surface area contributed by atoms with Gasteiger partial charge in [-0.3, -0.25) is 9.69 Å². The van der Waals surface area contributed by atoms with Crippen molar-refractivity contribution in [2.24, 2.45) is 0 Å². The summed E-state index contributed by atoms with van der Waals surface area (Å²) in [5, 5.41) is 15.0. The number of hydrogen-bond donors (Lipinski definition) is 3. The van der Waals surface area contributed by atoms with E-state index < -0.39 is 5.97 Å². The molecule has 0 bridgehead atoms. The number of nitrogens with one attached hydrogen (secondary N) is 2. The second-order valence-corrected chi connectivity index (χ2v) is 7.51. The van der Waals surface area contributed by atoms with Gasteiger partial charge in [0.15, 0.2) is 0 Å². The summed E-state index contributed by atoms with van der Waals surface area (Å²) in [6, 6.07) is 20.5. The van der Waals surface area contributed by atoms with Gasteiger partial charge in [-0.1, -0.05) is 67.6 Å². The lowest BCUT2D eigenvalue weighted by atomic mass is 9.85. The third kappa shape index (κ3) is 5.81. The number of carbonyl (C=O) groups is 2. The van der Waals surface area contributed by atoms with E-state index in [1.165, 1.54) is 0 Å². The van der Waals surface area contributed by atoms with E-state index in [2.05, 4.69) is 34.9 Å². The highest BCUT2D eigenvalue weighted by atomic mass is 16.4. The minimum Gasteiger partial charge on any atom is -0.480 e. The van der Waals surface area contributed by atoms with E-state index in [0.717, 1.165) is 24.0 Å². The lowest BCUT2D eigenvalue weighted by molar-refractivity contribution is -0.139. The van der Waals surface area contributed by atoms with Gasteiger partial charge in [0.25, 0.3) is 0 Å². The number of rotatable bonds is 9. The van der Waals surface area contributed by atoms with Gasteiger partial charge in [-0.15, -0.1) is 0 Å². The molecule has 0 atom stereocenters. The number of urea groups is 1. The van der Waals surface area contributed by atoms with Gasteiger partial charge in [0.1, 0.15) is 0 Å². The molecular formula is C23H29N3O3. The Labute approximate surface area is 171 Å². The lowest BCUT2D eigenvalue weighted by Gasteiger charge is -2.42. The average molecular weight is 396 g/mol. The molecule has 1 saturated carbocycles. The summed E-state index contributed by atoms with van der Waals surface area (Å²) >= 11 is 0. The first-order valence-electron chi connectivity index (χ1n) is 10.2. The van der Waals surface area contributed by atoms with Crippen molar-refractivity contribution in [1.29, 1.82) is 0 Å². The average Bonchev–Trinajstić information content (AvgIpc) is 2.70. The summed E-state index contributed by atoms with van der Waals surface area (Å²) in [7, 11) is 0. The normalized spacial score (nSPS) is 18.3. The fourth-order valence-corrected chi connectivity index (χ4v) is 3.91. The van der Waals surface area contributed by atoms with E-state index in [1.54, 1.807) is 0 Å². The maximum atomic E-state index is 12.4. The fourth-order valence-electron chi connectivity index (χ4n) is 3.91. The summed E-state index contributed by atoms with van der Waals surface area (Å²) in [5.74, 6) is -0.725. The number of nitrogens with zero attached hydrogens (tertiary/aromatic N) is 1. The number of carboxylic acid groups (broad SMARTS) is 1. The molecular weight excluding hydrogens is 366 g/mol. The highest BCUT2D eigenvalue weighted by molar-refractivity contribution is 5.74. The quantitative estimate of drug-likeness (QED) is 0.610. The molecule has 0 saturated heterocycles. The molecule has 1 aliphatic rings. The molecule has 154 valence electrons. The summed E-state index contributed by atoms with van der Waals surface area (Å²) < 4.78 is 0. The zero-order valence-electron chi connectivity index (χ0n) is 16.8. The van der Waals surface area contributed by atoms with Crippen LogP contribution in [0.3, 0.4) is 0 Å². The van der Waals surface area contributed by atoms with E-state index in [4.69, 9.17) is 5.11 Å². The van der Waals surface area contributed by atoms with Crippen molar-refractivity contribution in [3.05, 3.63) is 71.8 Å². The van der Waals surface area contributed by atoms with Crippen molar-refractivity contribution < 1.29 is 14.7 Å². The molecule has 1 aliphatic carbocycles. The van der Waals surface area contributed by atoms with Crippen LogP contribution in [-0.2, 0) is 4.79 Å². The minimum atomic E-state index is -0.811. The molecule has 0 spiro atoms. The summed E-state index contributed by atoms with van der Waals surface area (Å²) in [6.07, 6.45) is 1.57. The summed E-state index contributed by atoms with van der Waals surface area (Å²) in [4.78, 5) is 25.3. The van der Waals surface area contributed by atoms with E-state index in [0.29, 0.717) is 13.1 Å². The molecule has 0 aromatic heterocycles. The molecule has 3 N–H and O–H groups in total. The fraction of sp³-hybridized carbons (Fsp3) is 0.391. The summed E-state index contributed by atoms with van der Waals surface area (Å²) in [6.45, 7) is 3.22. The van der Waals surface area contributed by atoms with Crippen LogP contribution >= 0.6 is 0 Å². The van der Waals surface area contributed by atoms with E-state index in [1.807, 2.05) is 48.2 Å². The van der Waals surface area contributed by atoms with Gasteiger partial charge in [-0.25, -0.2) is 4.79 Å². The summed E-state index contributed by atoms with van der Waals surface area (Å²) in [5.41, 5.74) is 2.32. The lowest BCUT2D eigenvalue weighted by Crippen LogP contribution is -2.56. The van der Waals surface area contributed by atoms with Crippen molar-refractivity contribution in [1.82, 2.24) is 15.5 Å². The van der Waals surface area contributed by atoms with Crippen LogP contribution in [0.5, 0.6) is 0 Å². The maximum Gasteiger partial charge on any atom is 0.317 e. The number of carbonyl (C=O) groups excluding carboxylic acids is 1. The number of benzene rings is 2. The van der Waals surface area contributed by atoms with Gasteiger partial charge < -0.3 is 15.7 Å². The van der Waals surface area contributed by atoms with E-state index in [-0.39, 0.29) is 30.6 Å². The number of aliphatic carboxylic acids is 1. The Morgan fingerprint density at radius 3 is 2.07 bits per heavy atom. The zero-order valence-corrected chi connectivity index (χ0v) is 16.8. The van der Waals surface area contributed by atoms with Crippen LogP contribution in [0.2, 0.25) is 0 Å².